The molecule has 0 bridgehead atoms. The molecule has 0 amide bonds. The molecule has 0 saturated carbocycles. The highest BCUT2D eigenvalue weighted by atomic mass is 32.2. The molecule has 0 spiro atoms. The molecule has 1 aromatic carbocycles. The van der Waals surface area contributed by atoms with Crippen LogP contribution in [0.1, 0.15) is 30.9 Å². The van der Waals surface area contributed by atoms with Gasteiger partial charge in [0.25, 0.3) is 0 Å². The van der Waals surface area contributed by atoms with E-state index < -0.39 is 0 Å². The second-order valence-corrected chi connectivity index (χ2v) is 6.05. The van der Waals surface area contributed by atoms with Crippen molar-refractivity contribution in [3.63, 3.8) is 0 Å². The van der Waals surface area contributed by atoms with E-state index in [1.807, 2.05) is 0 Å². The minimum atomic E-state index is 0.412. The molecule has 1 aromatic rings. The topological polar surface area (TPSA) is 38.0 Å². The Morgan fingerprint density at radius 3 is 2.59 bits per heavy atom. The maximum atomic E-state index is 5.69. The van der Waals surface area contributed by atoms with Crippen LogP contribution in [0.4, 0.5) is 0 Å². The molecule has 1 aliphatic rings. The van der Waals surface area contributed by atoms with Crippen LogP contribution in [0.5, 0.6) is 0 Å². The lowest BCUT2D eigenvalue weighted by Crippen LogP contribution is -2.43. The molecule has 1 saturated heterocycles. The zero-order valence-electron chi connectivity index (χ0n) is 10.5. The Labute approximate surface area is 108 Å². The zero-order chi connectivity index (χ0) is 12.1. The lowest BCUT2D eigenvalue weighted by molar-refractivity contribution is 0.496. The second-order valence-electron chi connectivity index (χ2n) is 4.70. The number of rotatable bonds is 5. The molecular weight excluding hydrogens is 228 g/mol. The molecule has 0 radical (unpaired) electrons. The number of hydrogen-bond donors (Lipinski definition) is 2. The van der Waals surface area contributed by atoms with Crippen molar-refractivity contribution in [2.45, 2.75) is 43.9 Å². The van der Waals surface area contributed by atoms with E-state index in [0.717, 1.165) is 12.8 Å². The van der Waals surface area contributed by atoms with Crippen molar-refractivity contribution in [3.05, 3.63) is 35.4 Å². The largest absolute Gasteiger partial charge is 0.271 e. The highest BCUT2D eigenvalue weighted by Gasteiger charge is 2.24. The van der Waals surface area contributed by atoms with E-state index in [1.54, 1.807) is 0 Å². The molecule has 1 heterocycles. The first-order chi connectivity index (χ1) is 8.33. The lowest BCUT2D eigenvalue weighted by atomic mass is 10.00. The molecule has 2 rings (SSSR count). The smallest absolute Gasteiger partial charge is 0.0369 e. The third kappa shape index (κ3) is 3.47. The highest BCUT2D eigenvalue weighted by Crippen LogP contribution is 2.29. The lowest BCUT2D eigenvalue weighted by Gasteiger charge is -2.22. The molecule has 2 unspecified atom stereocenters. The first kappa shape index (κ1) is 12.9. The van der Waals surface area contributed by atoms with Crippen molar-refractivity contribution in [1.82, 2.24) is 5.43 Å². The summed E-state index contributed by atoms with van der Waals surface area (Å²) >= 11 is 2.06. The number of nitrogens with one attached hydrogen (secondary N) is 1. The Kier molecular flexibility index (Phi) is 4.89. The third-order valence-electron chi connectivity index (χ3n) is 3.51. The molecule has 0 aromatic heterocycles. The fraction of sp³-hybridized carbons (Fsp3) is 0.571. The Balaban J connectivity index is 1.96. The van der Waals surface area contributed by atoms with Crippen LogP contribution in [-0.2, 0) is 12.8 Å². The number of hydrazine groups is 1. The first-order valence-electron chi connectivity index (χ1n) is 6.49. The van der Waals surface area contributed by atoms with Gasteiger partial charge in [-0.3, -0.25) is 11.3 Å². The Morgan fingerprint density at radius 2 is 2.06 bits per heavy atom. The summed E-state index contributed by atoms with van der Waals surface area (Å²) in [4.78, 5) is 0. The van der Waals surface area contributed by atoms with Gasteiger partial charge in [0.15, 0.2) is 0 Å². The quantitative estimate of drug-likeness (QED) is 0.623. The fourth-order valence-electron chi connectivity index (χ4n) is 2.38. The number of aryl methyl sites for hydroxylation is 1. The van der Waals surface area contributed by atoms with Crippen molar-refractivity contribution >= 4 is 11.8 Å². The van der Waals surface area contributed by atoms with Gasteiger partial charge in [0.1, 0.15) is 0 Å². The summed E-state index contributed by atoms with van der Waals surface area (Å²) in [6.45, 7) is 2.19. The van der Waals surface area contributed by atoms with E-state index in [2.05, 4.69) is 48.4 Å². The fourth-order valence-corrected chi connectivity index (χ4v) is 3.76. The van der Waals surface area contributed by atoms with Gasteiger partial charge in [-0.1, -0.05) is 31.2 Å². The standard InChI is InChI=1S/C14H22N2S/c1-2-11-5-7-12(8-6-11)10-13(16-15)14-4-3-9-17-14/h5-8,13-14,16H,2-4,9-10,15H2,1H3. The molecule has 3 heteroatoms. The van der Waals surface area contributed by atoms with Gasteiger partial charge in [-0.2, -0.15) is 11.8 Å². The monoisotopic (exact) mass is 250 g/mol. The van der Waals surface area contributed by atoms with Crippen LogP contribution in [0.25, 0.3) is 0 Å². The molecule has 1 aliphatic heterocycles. The molecule has 0 aliphatic carbocycles. The van der Waals surface area contributed by atoms with Crippen LogP contribution in [0.15, 0.2) is 24.3 Å². The Bertz CT molecular complexity index is 331. The van der Waals surface area contributed by atoms with Gasteiger partial charge in [0.05, 0.1) is 0 Å². The van der Waals surface area contributed by atoms with Gasteiger partial charge < -0.3 is 0 Å². The Morgan fingerprint density at radius 1 is 1.35 bits per heavy atom. The van der Waals surface area contributed by atoms with E-state index >= 15 is 0 Å². The molecule has 2 atom stereocenters. The maximum absolute atomic E-state index is 5.69. The summed E-state index contributed by atoms with van der Waals surface area (Å²) in [6, 6.07) is 9.34. The summed E-state index contributed by atoms with van der Waals surface area (Å²) in [5, 5.41) is 0.686. The zero-order valence-corrected chi connectivity index (χ0v) is 11.3. The van der Waals surface area contributed by atoms with Crippen LogP contribution < -0.4 is 11.3 Å². The van der Waals surface area contributed by atoms with Crippen molar-refractivity contribution in [2.24, 2.45) is 5.84 Å². The summed E-state index contributed by atoms with van der Waals surface area (Å²) in [5.74, 6) is 6.98. The van der Waals surface area contributed by atoms with E-state index in [1.165, 1.54) is 29.7 Å². The SMILES string of the molecule is CCc1ccc(CC(NN)C2CCCS2)cc1. The van der Waals surface area contributed by atoms with Gasteiger partial charge in [-0.15, -0.1) is 0 Å². The summed E-state index contributed by atoms with van der Waals surface area (Å²) < 4.78 is 0. The van der Waals surface area contributed by atoms with Crippen molar-refractivity contribution in [1.29, 1.82) is 0 Å². The molecular formula is C14H22N2S. The summed E-state index contributed by atoms with van der Waals surface area (Å²) in [7, 11) is 0. The van der Waals surface area contributed by atoms with E-state index in [9.17, 15) is 0 Å². The van der Waals surface area contributed by atoms with Gasteiger partial charge in [0, 0.05) is 11.3 Å². The normalized spacial score (nSPS) is 21.6. The van der Waals surface area contributed by atoms with Crippen LogP contribution in [-0.4, -0.2) is 17.0 Å². The van der Waals surface area contributed by atoms with Crippen molar-refractivity contribution in [3.8, 4) is 0 Å². The molecule has 17 heavy (non-hydrogen) atoms. The molecule has 3 N–H and O–H groups in total. The number of hydrogen-bond acceptors (Lipinski definition) is 3. The maximum Gasteiger partial charge on any atom is 0.0369 e. The average Bonchev–Trinajstić information content (AvgIpc) is 2.90. The molecule has 94 valence electrons. The van der Waals surface area contributed by atoms with E-state index in [4.69, 9.17) is 5.84 Å². The van der Waals surface area contributed by atoms with Crippen molar-refractivity contribution < 1.29 is 0 Å². The second kappa shape index (κ2) is 6.43. The number of thioether (sulfide) groups is 1. The van der Waals surface area contributed by atoms with Gasteiger partial charge >= 0.3 is 0 Å². The minimum Gasteiger partial charge on any atom is -0.271 e. The number of benzene rings is 1. The first-order valence-corrected chi connectivity index (χ1v) is 7.54. The van der Waals surface area contributed by atoms with E-state index in [0.29, 0.717) is 11.3 Å². The molecule has 2 nitrogen and oxygen atoms in total. The minimum absolute atomic E-state index is 0.412. The number of nitrogens with two attached hydrogens (primary N) is 1. The predicted octanol–water partition coefficient (Wildman–Crippen LogP) is 2.52. The van der Waals surface area contributed by atoms with Crippen LogP contribution >= 0.6 is 11.8 Å². The third-order valence-corrected chi connectivity index (χ3v) is 5.03. The molecule has 1 fully saturated rings. The van der Waals surface area contributed by atoms with Gasteiger partial charge in [0.2, 0.25) is 0 Å². The van der Waals surface area contributed by atoms with Crippen LogP contribution in [0.3, 0.4) is 0 Å². The predicted molar refractivity (Wildman–Crippen MR) is 76.1 cm³/mol. The van der Waals surface area contributed by atoms with Crippen molar-refractivity contribution in [2.75, 3.05) is 5.75 Å². The van der Waals surface area contributed by atoms with E-state index in [-0.39, 0.29) is 0 Å². The Hall–Kier alpha value is -0.510. The van der Waals surface area contributed by atoms with Gasteiger partial charge in [-0.25, -0.2) is 0 Å². The van der Waals surface area contributed by atoms with Gasteiger partial charge in [-0.05, 0) is 42.6 Å². The average molecular weight is 250 g/mol. The van der Waals surface area contributed by atoms with Crippen LogP contribution in [0.2, 0.25) is 0 Å². The highest BCUT2D eigenvalue weighted by molar-refractivity contribution is 8.00. The summed E-state index contributed by atoms with van der Waals surface area (Å²) in [6.07, 6.45) is 4.78. The summed E-state index contributed by atoms with van der Waals surface area (Å²) in [5.41, 5.74) is 5.79. The van der Waals surface area contributed by atoms with Crippen LogP contribution in [0, 0.1) is 0 Å².